The molecule has 0 spiro atoms. The SMILES string of the molecule is CC(=O)c1c(C)ccc(Br)c1C. The highest BCUT2D eigenvalue weighted by atomic mass is 79.9. The van der Waals surface area contributed by atoms with Crippen molar-refractivity contribution in [2.75, 3.05) is 0 Å². The Morgan fingerprint density at radius 1 is 1.33 bits per heavy atom. The largest absolute Gasteiger partial charge is 0.294 e. The van der Waals surface area contributed by atoms with Gasteiger partial charge >= 0.3 is 0 Å². The van der Waals surface area contributed by atoms with Gasteiger partial charge in [0, 0.05) is 10.0 Å². The van der Waals surface area contributed by atoms with E-state index in [1.165, 1.54) is 0 Å². The standard InChI is InChI=1S/C10H11BrO/c1-6-4-5-9(11)7(2)10(6)8(3)12/h4-5H,1-3H3. The van der Waals surface area contributed by atoms with Gasteiger partial charge in [-0.25, -0.2) is 0 Å². The third-order valence-electron chi connectivity index (χ3n) is 1.96. The summed E-state index contributed by atoms with van der Waals surface area (Å²) in [6, 6.07) is 3.92. The molecule has 1 aromatic carbocycles. The Hall–Kier alpha value is -0.630. The van der Waals surface area contributed by atoms with Crippen molar-refractivity contribution in [3.8, 4) is 0 Å². The van der Waals surface area contributed by atoms with E-state index in [9.17, 15) is 4.79 Å². The van der Waals surface area contributed by atoms with Crippen LogP contribution >= 0.6 is 15.9 Å². The zero-order valence-corrected chi connectivity index (χ0v) is 9.03. The second-order valence-corrected chi connectivity index (χ2v) is 3.77. The van der Waals surface area contributed by atoms with Crippen LogP contribution in [0.2, 0.25) is 0 Å². The van der Waals surface area contributed by atoms with Crippen molar-refractivity contribution in [1.82, 2.24) is 0 Å². The third-order valence-corrected chi connectivity index (χ3v) is 2.82. The highest BCUT2D eigenvalue weighted by molar-refractivity contribution is 9.10. The van der Waals surface area contributed by atoms with Crippen LogP contribution in [0.1, 0.15) is 28.4 Å². The molecule has 0 heterocycles. The Morgan fingerprint density at radius 2 is 1.92 bits per heavy atom. The van der Waals surface area contributed by atoms with Crippen molar-refractivity contribution < 1.29 is 4.79 Å². The molecular formula is C10H11BrO. The first-order chi connectivity index (χ1) is 5.54. The zero-order valence-electron chi connectivity index (χ0n) is 7.44. The van der Waals surface area contributed by atoms with Crippen LogP contribution in [0, 0.1) is 13.8 Å². The van der Waals surface area contributed by atoms with Gasteiger partial charge in [0.15, 0.2) is 5.78 Å². The molecule has 1 aromatic rings. The molecule has 2 heteroatoms. The number of ketones is 1. The van der Waals surface area contributed by atoms with Crippen LogP contribution in [-0.4, -0.2) is 5.78 Å². The summed E-state index contributed by atoms with van der Waals surface area (Å²) in [5.74, 6) is 0.131. The van der Waals surface area contributed by atoms with Crippen molar-refractivity contribution in [3.05, 3.63) is 33.3 Å². The topological polar surface area (TPSA) is 17.1 Å². The molecule has 0 aromatic heterocycles. The molecule has 0 aliphatic heterocycles. The van der Waals surface area contributed by atoms with Gasteiger partial charge in [0.25, 0.3) is 0 Å². The van der Waals surface area contributed by atoms with Crippen molar-refractivity contribution in [2.45, 2.75) is 20.8 Å². The highest BCUT2D eigenvalue weighted by Gasteiger charge is 2.09. The summed E-state index contributed by atoms with van der Waals surface area (Å²) in [4.78, 5) is 11.2. The molecular weight excluding hydrogens is 216 g/mol. The number of benzene rings is 1. The minimum Gasteiger partial charge on any atom is -0.294 e. The van der Waals surface area contributed by atoms with E-state index in [2.05, 4.69) is 15.9 Å². The fourth-order valence-corrected chi connectivity index (χ4v) is 1.69. The van der Waals surface area contributed by atoms with E-state index in [1.807, 2.05) is 26.0 Å². The number of hydrogen-bond donors (Lipinski definition) is 0. The monoisotopic (exact) mass is 226 g/mol. The lowest BCUT2D eigenvalue weighted by molar-refractivity contribution is 0.101. The predicted octanol–water partition coefficient (Wildman–Crippen LogP) is 3.27. The molecule has 12 heavy (non-hydrogen) atoms. The molecule has 0 radical (unpaired) electrons. The number of Topliss-reactive ketones (excluding diaryl/α,β-unsaturated/α-hetero) is 1. The second-order valence-electron chi connectivity index (χ2n) is 2.92. The maximum absolute atomic E-state index is 11.2. The number of halogens is 1. The maximum Gasteiger partial charge on any atom is 0.160 e. The van der Waals surface area contributed by atoms with Crippen LogP contribution in [0.4, 0.5) is 0 Å². The number of carbonyl (C=O) groups excluding carboxylic acids is 1. The van der Waals surface area contributed by atoms with Crippen LogP contribution in [0.5, 0.6) is 0 Å². The van der Waals surface area contributed by atoms with Gasteiger partial charge in [-0.3, -0.25) is 4.79 Å². The van der Waals surface area contributed by atoms with E-state index in [0.717, 1.165) is 21.2 Å². The summed E-state index contributed by atoms with van der Waals surface area (Å²) in [6.07, 6.45) is 0. The molecule has 0 N–H and O–H groups in total. The van der Waals surface area contributed by atoms with E-state index < -0.39 is 0 Å². The zero-order chi connectivity index (χ0) is 9.30. The number of rotatable bonds is 1. The van der Waals surface area contributed by atoms with Gasteiger partial charge in [0.05, 0.1) is 0 Å². The lowest BCUT2D eigenvalue weighted by atomic mass is 10.0. The summed E-state index contributed by atoms with van der Waals surface area (Å²) < 4.78 is 0.998. The van der Waals surface area contributed by atoms with Crippen LogP contribution in [0.15, 0.2) is 16.6 Å². The third kappa shape index (κ3) is 1.58. The summed E-state index contributed by atoms with van der Waals surface area (Å²) >= 11 is 3.40. The molecule has 0 amide bonds. The molecule has 0 fully saturated rings. The number of carbonyl (C=O) groups is 1. The van der Waals surface area contributed by atoms with Gasteiger partial charge in [0.2, 0.25) is 0 Å². The molecule has 1 rings (SSSR count). The molecule has 0 atom stereocenters. The molecule has 0 aliphatic rings. The predicted molar refractivity (Wildman–Crippen MR) is 53.6 cm³/mol. The van der Waals surface area contributed by atoms with Crippen molar-refractivity contribution in [2.24, 2.45) is 0 Å². The molecule has 1 nitrogen and oxygen atoms in total. The molecule has 0 saturated heterocycles. The maximum atomic E-state index is 11.2. The Morgan fingerprint density at radius 3 is 2.33 bits per heavy atom. The second kappa shape index (κ2) is 3.40. The van der Waals surface area contributed by atoms with Gasteiger partial charge < -0.3 is 0 Å². The minimum atomic E-state index is 0.131. The van der Waals surface area contributed by atoms with Gasteiger partial charge in [-0.2, -0.15) is 0 Å². The van der Waals surface area contributed by atoms with Crippen molar-refractivity contribution in [3.63, 3.8) is 0 Å². The Kier molecular flexibility index (Phi) is 2.68. The van der Waals surface area contributed by atoms with Crippen molar-refractivity contribution in [1.29, 1.82) is 0 Å². The Bertz CT molecular complexity index is 329. The Balaban J connectivity index is 3.43. The fraction of sp³-hybridized carbons (Fsp3) is 0.300. The number of hydrogen-bond acceptors (Lipinski definition) is 1. The van der Waals surface area contributed by atoms with Crippen LogP contribution < -0.4 is 0 Å². The van der Waals surface area contributed by atoms with E-state index in [-0.39, 0.29) is 5.78 Å². The first kappa shape index (κ1) is 9.46. The Labute approximate surface area is 80.9 Å². The smallest absolute Gasteiger partial charge is 0.160 e. The average Bonchev–Trinajstić information content (AvgIpc) is 1.97. The molecule has 0 bridgehead atoms. The quantitative estimate of drug-likeness (QED) is 0.673. The molecule has 0 unspecified atom stereocenters. The van der Waals surface area contributed by atoms with Crippen LogP contribution in [0.3, 0.4) is 0 Å². The van der Waals surface area contributed by atoms with E-state index in [4.69, 9.17) is 0 Å². The van der Waals surface area contributed by atoms with Gasteiger partial charge in [-0.1, -0.05) is 22.0 Å². The lowest BCUT2D eigenvalue weighted by Gasteiger charge is -2.07. The first-order valence-electron chi connectivity index (χ1n) is 3.80. The van der Waals surface area contributed by atoms with Crippen molar-refractivity contribution >= 4 is 21.7 Å². The molecule has 64 valence electrons. The van der Waals surface area contributed by atoms with E-state index >= 15 is 0 Å². The summed E-state index contributed by atoms with van der Waals surface area (Å²) in [5.41, 5.74) is 2.91. The van der Waals surface area contributed by atoms with E-state index in [1.54, 1.807) is 6.92 Å². The minimum absolute atomic E-state index is 0.131. The summed E-state index contributed by atoms with van der Waals surface area (Å²) in [7, 11) is 0. The normalized spacial score (nSPS) is 10.0. The van der Waals surface area contributed by atoms with Gasteiger partial charge in [0.1, 0.15) is 0 Å². The average molecular weight is 227 g/mol. The van der Waals surface area contributed by atoms with Gasteiger partial charge in [-0.15, -0.1) is 0 Å². The summed E-state index contributed by atoms with van der Waals surface area (Å²) in [5, 5.41) is 0. The summed E-state index contributed by atoms with van der Waals surface area (Å²) in [6.45, 7) is 5.51. The van der Waals surface area contributed by atoms with E-state index in [0.29, 0.717) is 0 Å². The first-order valence-corrected chi connectivity index (χ1v) is 4.60. The van der Waals surface area contributed by atoms with Crippen LogP contribution in [-0.2, 0) is 0 Å². The fourth-order valence-electron chi connectivity index (χ4n) is 1.36. The molecule has 0 aliphatic carbocycles. The highest BCUT2D eigenvalue weighted by Crippen LogP contribution is 2.22. The molecule has 0 saturated carbocycles. The number of aryl methyl sites for hydroxylation is 1. The lowest BCUT2D eigenvalue weighted by Crippen LogP contribution is -2.00. The van der Waals surface area contributed by atoms with Gasteiger partial charge in [-0.05, 0) is 38.0 Å². The van der Waals surface area contributed by atoms with Crippen LogP contribution in [0.25, 0.3) is 0 Å².